The molecule has 7 nitrogen and oxygen atoms in total. The van der Waals surface area contributed by atoms with Crippen molar-refractivity contribution < 1.29 is 21.6 Å². The van der Waals surface area contributed by atoms with Crippen molar-refractivity contribution in [2.45, 2.75) is 36.0 Å². The molecular weight excluding hydrogens is 364 g/mol. The smallest absolute Gasteiger partial charge is 0.221 e. The number of nitrogens with zero attached hydrogens (tertiary/aromatic N) is 1. The van der Waals surface area contributed by atoms with E-state index < -0.39 is 31.0 Å². The first kappa shape index (κ1) is 18.3. The molecule has 2 aliphatic heterocycles. The molecule has 0 bridgehead atoms. The lowest BCUT2D eigenvalue weighted by atomic mass is 10.2. The van der Waals surface area contributed by atoms with Gasteiger partial charge >= 0.3 is 0 Å². The summed E-state index contributed by atoms with van der Waals surface area (Å²) in [5.74, 6) is -0.670. The van der Waals surface area contributed by atoms with Crippen LogP contribution in [-0.2, 0) is 24.5 Å². The molecule has 0 aromatic heterocycles. The van der Waals surface area contributed by atoms with Crippen LogP contribution in [0.1, 0.15) is 19.8 Å². The van der Waals surface area contributed by atoms with E-state index in [1.54, 1.807) is 0 Å². The second-order valence-electron chi connectivity index (χ2n) is 6.68. The van der Waals surface area contributed by atoms with Gasteiger partial charge in [-0.3, -0.25) is 9.69 Å². The summed E-state index contributed by atoms with van der Waals surface area (Å²) in [4.78, 5) is 13.2. The molecule has 2 aliphatic rings. The highest BCUT2D eigenvalue weighted by molar-refractivity contribution is 7.96. The largest absolute Gasteiger partial charge is 0.326 e. The number of anilines is 1. The maximum atomic E-state index is 13.0. The number of nitrogens with one attached hydrogen (secondary N) is 1. The highest BCUT2D eigenvalue weighted by atomic mass is 32.2. The zero-order chi connectivity index (χ0) is 18.2. The molecule has 2 fully saturated rings. The van der Waals surface area contributed by atoms with Gasteiger partial charge in [-0.1, -0.05) is 0 Å². The van der Waals surface area contributed by atoms with Gasteiger partial charge in [0.2, 0.25) is 5.91 Å². The first-order valence-electron chi connectivity index (χ1n) is 8.25. The maximum absolute atomic E-state index is 13.0. The molecule has 0 unspecified atom stereocenters. The monoisotopic (exact) mass is 386 g/mol. The van der Waals surface area contributed by atoms with Crippen LogP contribution in [0, 0.1) is 0 Å². The predicted molar refractivity (Wildman–Crippen MR) is 95.0 cm³/mol. The van der Waals surface area contributed by atoms with E-state index in [4.69, 9.17) is 0 Å². The average Bonchev–Trinajstić information content (AvgIpc) is 3.14. The Morgan fingerprint density at radius 3 is 2.28 bits per heavy atom. The molecule has 1 N–H and O–H groups in total. The van der Waals surface area contributed by atoms with Gasteiger partial charge in [-0.2, -0.15) is 0 Å². The summed E-state index contributed by atoms with van der Waals surface area (Å²) in [6, 6.07) is 5.40. The van der Waals surface area contributed by atoms with Gasteiger partial charge in [0.05, 0.1) is 21.7 Å². The van der Waals surface area contributed by atoms with E-state index >= 15 is 0 Å². The van der Waals surface area contributed by atoms with Crippen LogP contribution in [0.15, 0.2) is 29.2 Å². The van der Waals surface area contributed by atoms with Gasteiger partial charge in [0.15, 0.2) is 19.7 Å². The molecule has 9 heteroatoms. The van der Waals surface area contributed by atoms with Crippen LogP contribution in [0.3, 0.4) is 0 Å². The molecule has 1 aromatic rings. The lowest BCUT2D eigenvalue weighted by Gasteiger charge is -2.27. The second kappa shape index (κ2) is 6.69. The summed E-state index contributed by atoms with van der Waals surface area (Å²) in [6.07, 6.45) is 1.93. The Kier molecular flexibility index (Phi) is 4.91. The third-order valence-corrected chi connectivity index (χ3v) is 8.92. The number of amides is 1. The number of hydrogen-bond donors (Lipinski definition) is 1. The van der Waals surface area contributed by atoms with Crippen LogP contribution in [0.2, 0.25) is 0 Å². The van der Waals surface area contributed by atoms with Gasteiger partial charge in [-0.05, 0) is 50.2 Å². The summed E-state index contributed by atoms with van der Waals surface area (Å²) in [5.41, 5.74) is 0.501. The third-order valence-electron chi connectivity index (χ3n) is 4.78. The van der Waals surface area contributed by atoms with Crippen molar-refractivity contribution in [3.63, 3.8) is 0 Å². The molecule has 1 amide bonds. The van der Waals surface area contributed by atoms with Crippen molar-refractivity contribution in [3.8, 4) is 0 Å². The van der Waals surface area contributed by atoms with E-state index in [0.29, 0.717) is 5.69 Å². The lowest BCUT2D eigenvalue weighted by Crippen LogP contribution is -2.45. The topological polar surface area (TPSA) is 101 Å². The van der Waals surface area contributed by atoms with Crippen LogP contribution in [0.4, 0.5) is 5.69 Å². The van der Waals surface area contributed by atoms with Crippen LogP contribution in [0.25, 0.3) is 0 Å². The minimum absolute atomic E-state index is 0.0906. The molecule has 0 radical (unpaired) electrons. The molecule has 1 aromatic carbocycles. The fourth-order valence-corrected chi connectivity index (χ4v) is 8.44. The zero-order valence-corrected chi connectivity index (χ0v) is 15.6. The molecule has 2 saturated heterocycles. The van der Waals surface area contributed by atoms with Gasteiger partial charge < -0.3 is 5.32 Å². The number of carbonyl (C=O) groups excluding carboxylic acids is 1. The summed E-state index contributed by atoms with van der Waals surface area (Å²) in [7, 11) is -7.15. The van der Waals surface area contributed by atoms with Crippen molar-refractivity contribution in [2.24, 2.45) is 0 Å². The van der Waals surface area contributed by atoms with E-state index in [1.165, 1.54) is 31.2 Å². The fourth-order valence-electron chi connectivity index (χ4n) is 3.61. The van der Waals surface area contributed by atoms with Crippen LogP contribution in [0.5, 0.6) is 0 Å². The number of sulfone groups is 2. The van der Waals surface area contributed by atoms with E-state index in [0.717, 1.165) is 25.9 Å². The summed E-state index contributed by atoms with van der Waals surface area (Å²) in [6.45, 7) is 2.86. The Morgan fingerprint density at radius 2 is 1.72 bits per heavy atom. The van der Waals surface area contributed by atoms with Crippen molar-refractivity contribution in [1.82, 2.24) is 4.90 Å². The first-order chi connectivity index (χ1) is 11.7. The van der Waals surface area contributed by atoms with Crippen molar-refractivity contribution >= 4 is 31.3 Å². The molecule has 0 saturated carbocycles. The number of likely N-dealkylation sites (tertiary alicyclic amines) is 1. The Morgan fingerprint density at radius 1 is 1.12 bits per heavy atom. The molecule has 0 aliphatic carbocycles. The van der Waals surface area contributed by atoms with Crippen molar-refractivity contribution in [2.75, 3.05) is 29.9 Å². The molecule has 138 valence electrons. The average molecular weight is 386 g/mol. The van der Waals surface area contributed by atoms with E-state index in [1.807, 2.05) is 4.90 Å². The third kappa shape index (κ3) is 3.88. The number of carbonyl (C=O) groups is 1. The zero-order valence-electron chi connectivity index (χ0n) is 14.0. The van der Waals surface area contributed by atoms with Gasteiger partial charge in [-0.15, -0.1) is 0 Å². The predicted octanol–water partition coefficient (Wildman–Crippen LogP) is 0.680. The number of hydrogen-bond acceptors (Lipinski definition) is 6. The summed E-state index contributed by atoms with van der Waals surface area (Å²) in [5, 5.41) is 1.64. The minimum Gasteiger partial charge on any atom is -0.326 e. The van der Waals surface area contributed by atoms with E-state index in [2.05, 4.69) is 5.32 Å². The van der Waals surface area contributed by atoms with Gasteiger partial charge in [0.25, 0.3) is 0 Å². The Bertz CT molecular complexity index is 856. The SMILES string of the molecule is CC(=O)Nc1ccc(S(=O)(=O)[C@H]2CS(=O)(=O)C[C@@H]2N2CCCC2)cc1. The van der Waals surface area contributed by atoms with Gasteiger partial charge in [-0.25, -0.2) is 16.8 Å². The minimum atomic E-state index is -3.78. The van der Waals surface area contributed by atoms with Crippen molar-refractivity contribution in [3.05, 3.63) is 24.3 Å². The maximum Gasteiger partial charge on any atom is 0.221 e. The molecule has 0 spiro atoms. The Balaban J connectivity index is 1.90. The molecular formula is C16H22N2O5S2. The van der Waals surface area contributed by atoms with Crippen LogP contribution >= 0.6 is 0 Å². The standard InChI is InChI=1S/C16H22N2O5S2/c1-12(19)17-13-4-6-14(7-5-13)25(22,23)16-11-24(20,21)10-15(16)18-8-2-3-9-18/h4-7,15-16H,2-3,8-11H2,1H3,(H,17,19)/t15-,16-/m0/s1. The highest BCUT2D eigenvalue weighted by Gasteiger charge is 2.48. The van der Waals surface area contributed by atoms with Crippen LogP contribution < -0.4 is 5.32 Å². The fraction of sp³-hybridized carbons (Fsp3) is 0.562. The molecule has 3 rings (SSSR count). The molecule has 2 atom stereocenters. The molecule has 25 heavy (non-hydrogen) atoms. The van der Waals surface area contributed by atoms with Crippen LogP contribution in [-0.4, -0.2) is 63.5 Å². The Hall–Kier alpha value is -1.45. The van der Waals surface area contributed by atoms with Gasteiger partial charge in [0, 0.05) is 18.7 Å². The number of rotatable bonds is 4. The van der Waals surface area contributed by atoms with E-state index in [-0.39, 0.29) is 22.3 Å². The van der Waals surface area contributed by atoms with Crippen molar-refractivity contribution in [1.29, 1.82) is 0 Å². The Labute approximate surface area is 148 Å². The second-order valence-corrected chi connectivity index (χ2v) is 11.0. The molecule has 2 heterocycles. The highest BCUT2D eigenvalue weighted by Crippen LogP contribution is 2.31. The van der Waals surface area contributed by atoms with Gasteiger partial charge in [0.1, 0.15) is 0 Å². The quantitative estimate of drug-likeness (QED) is 0.817. The summed E-state index contributed by atoms with van der Waals surface area (Å²) < 4.78 is 50.3. The lowest BCUT2D eigenvalue weighted by molar-refractivity contribution is -0.114. The number of benzene rings is 1. The summed E-state index contributed by atoms with van der Waals surface area (Å²) >= 11 is 0. The van der Waals surface area contributed by atoms with E-state index in [9.17, 15) is 21.6 Å². The normalized spacial score (nSPS) is 26.6. The first-order valence-corrected chi connectivity index (χ1v) is 11.6.